The molecule has 0 fully saturated rings. The van der Waals surface area contributed by atoms with Gasteiger partial charge in [0.15, 0.2) is 17.2 Å². The monoisotopic (exact) mass is 391 g/mol. The lowest BCUT2D eigenvalue weighted by molar-refractivity contribution is -0.132. The Morgan fingerprint density at radius 3 is 2.38 bits per heavy atom. The molecule has 0 unspecified atom stereocenters. The smallest absolute Gasteiger partial charge is 0.308 e. The molecule has 0 aliphatic carbocycles. The summed E-state index contributed by atoms with van der Waals surface area (Å²) in [6, 6.07) is 14.6. The van der Waals surface area contributed by atoms with Gasteiger partial charge in [0.2, 0.25) is 0 Å². The molecular weight excluding hydrogens is 370 g/mol. The lowest BCUT2D eigenvalue weighted by Crippen LogP contribution is -2.04. The van der Waals surface area contributed by atoms with E-state index in [1.165, 1.54) is 13.8 Å². The number of carbonyl (C=O) groups excluding carboxylic acids is 2. The van der Waals surface area contributed by atoms with Crippen molar-refractivity contribution in [3.05, 3.63) is 59.8 Å². The second-order valence-corrected chi connectivity index (χ2v) is 6.22. The van der Waals surface area contributed by atoms with Crippen molar-refractivity contribution in [3.63, 3.8) is 0 Å². The highest BCUT2D eigenvalue weighted by Gasteiger charge is 2.09. The molecule has 0 bridgehead atoms. The molecule has 0 aliphatic rings. The minimum atomic E-state index is -0.404. The number of rotatable bonds is 6. The van der Waals surface area contributed by atoms with Crippen LogP contribution in [0.2, 0.25) is 0 Å². The molecule has 3 rings (SSSR count). The molecule has 0 saturated carbocycles. The van der Waals surface area contributed by atoms with Crippen LogP contribution < -0.4 is 14.2 Å². The van der Waals surface area contributed by atoms with Crippen LogP contribution in [0.15, 0.2) is 48.5 Å². The molecule has 2 aromatic carbocycles. The van der Waals surface area contributed by atoms with Gasteiger partial charge in [0.05, 0.1) is 12.3 Å². The first-order chi connectivity index (χ1) is 14.0. The summed E-state index contributed by atoms with van der Waals surface area (Å²) in [5, 5.41) is 0.880. The lowest BCUT2D eigenvalue weighted by Gasteiger charge is -2.10. The Morgan fingerprint density at radius 2 is 1.66 bits per heavy atom. The van der Waals surface area contributed by atoms with Gasteiger partial charge < -0.3 is 14.2 Å². The first-order valence-electron chi connectivity index (χ1n) is 9.18. The van der Waals surface area contributed by atoms with Gasteiger partial charge >= 0.3 is 11.9 Å². The summed E-state index contributed by atoms with van der Waals surface area (Å²) >= 11 is 0. The highest BCUT2D eigenvalue weighted by Crippen LogP contribution is 2.30. The van der Waals surface area contributed by atoms with E-state index in [0.717, 1.165) is 10.9 Å². The molecule has 29 heavy (non-hydrogen) atoms. The number of benzene rings is 2. The van der Waals surface area contributed by atoms with E-state index in [9.17, 15) is 9.59 Å². The summed E-state index contributed by atoms with van der Waals surface area (Å²) in [6.45, 7) is 5.02. The van der Waals surface area contributed by atoms with Crippen molar-refractivity contribution in [1.29, 1.82) is 0 Å². The first-order valence-corrected chi connectivity index (χ1v) is 9.18. The number of carbonyl (C=O) groups is 2. The number of ether oxygens (including phenoxy) is 3. The molecule has 0 aliphatic heterocycles. The van der Waals surface area contributed by atoms with E-state index in [1.54, 1.807) is 18.2 Å². The van der Waals surface area contributed by atoms with Crippen molar-refractivity contribution < 1.29 is 23.8 Å². The third-order valence-electron chi connectivity index (χ3n) is 3.93. The van der Waals surface area contributed by atoms with Crippen molar-refractivity contribution in [2.45, 2.75) is 20.8 Å². The molecule has 1 heterocycles. The number of esters is 2. The highest BCUT2D eigenvalue weighted by atomic mass is 16.6. The van der Waals surface area contributed by atoms with Gasteiger partial charge in [-0.25, -0.2) is 4.98 Å². The molecule has 0 radical (unpaired) electrons. The van der Waals surface area contributed by atoms with Crippen molar-refractivity contribution in [2.24, 2.45) is 0 Å². The average molecular weight is 391 g/mol. The maximum absolute atomic E-state index is 11.3. The van der Waals surface area contributed by atoms with Crippen LogP contribution in [0.5, 0.6) is 17.2 Å². The van der Waals surface area contributed by atoms with Crippen molar-refractivity contribution in [3.8, 4) is 17.2 Å². The molecule has 0 saturated heterocycles. The quantitative estimate of drug-likeness (QED) is 0.450. The van der Waals surface area contributed by atoms with Crippen LogP contribution in [0.25, 0.3) is 23.1 Å². The van der Waals surface area contributed by atoms with Gasteiger partial charge in [0.1, 0.15) is 5.52 Å². The van der Waals surface area contributed by atoms with E-state index in [1.807, 2.05) is 49.4 Å². The molecule has 1 aromatic heterocycles. The Balaban J connectivity index is 1.90. The molecule has 3 aromatic rings. The van der Waals surface area contributed by atoms with E-state index < -0.39 is 11.9 Å². The molecule has 0 amide bonds. The Hall–Kier alpha value is -3.67. The number of hydrogen-bond acceptors (Lipinski definition) is 6. The van der Waals surface area contributed by atoms with Crippen LogP contribution in [0.4, 0.5) is 0 Å². The van der Waals surface area contributed by atoms with Gasteiger partial charge in [0.25, 0.3) is 0 Å². The lowest BCUT2D eigenvalue weighted by atomic mass is 10.1. The second-order valence-electron chi connectivity index (χ2n) is 6.22. The fourth-order valence-electron chi connectivity index (χ4n) is 2.78. The zero-order valence-corrected chi connectivity index (χ0v) is 16.5. The minimum absolute atomic E-state index is 0.381. The summed E-state index contributed by atoms with van der Waals surface area (Å²) in [7, 11) is 0. The summed E-state index contributed by atoms with van der Waals surface area (Å²) < 4.78 is 16.0. The number of para-hydroxylation sites is 1. The van der Waals surface area contributed by atoms with Crippen LogP contribution in [-0.2, 0) is 9.59 Å². The topological polar surface area (TPSA) is 74.7 Å². The second kappa shape index (κ2) is 9.01. The van der Waals surface area contributed by atoms with Crippen LogP contribution in [-0.4, -0.2) is 23.5 Å². The number of aromatic nitrogens is 1. The van der Waals surface area contributed by atoms with Gasteiger partial charge in [-0.2, -0.15) is 0 Å². The van der Waals surface area contributed by atoms with Crippen LogP contribution >= 0.6 is 0 Å². The third kappa shape index (κ3) is 5.19. The van der Waals surface area contributed by atoms with Crippen LogP contribution in [0.3, 0.4) is 0 Å². The number of fused-ring (bicyclic) bond motifs is 1. The fraction of sp³-hybridized carbons (Fsp3) is 0.174. The van der Waals surface area contributed by atoms with E-state index in [-0.39, 0.29) is 0 Å². The summed E-state index contributed by atoms with van der Waals surface area (Å²) in [6.07, 6.45) is 3.73. The third-order valence-corrected chi connectivity index (χ3v) is 3.93. The van der Waals surface area contributed by atoms with Gasteiger partial charge in [-0.1, -0.05) is 30.3 Å². The molecule has 148 valence electrons. The Morgan fingerprint density at radius 1 is 0.897 bits per heavy atom. The number of hydrogen-bond donors (Lipinski definition) is 0. The van der Waals surface area contributed by atoms with E-state index in [2.05, 4.69) is 4.98 Å². The van der Waals surface area contributed by atoms with Gasteiger partial charge in [-0.15, -0.1) is 0 Å². The highest BCUT2D eigenvalue weighted by molar-refractivity contribution is 5.88. The Labute approximate surface area is 168 Å². The van der Waals surface area contributed by atoms with Crippen molar-refractivity contribution in [1.82, 2.24) is 4.98 Å². The maximum Gasteiger partial charge on any atom is 0.308 e. The molecule has 6 heteroatoms. The van der Waals surface area contributed by atoms with Crippen molar-refractivity contribution in [2.75, 3.05) is 6.61 Å². The predicted molar refractivity (Wildman–Crippen MR) is 111 cm³/mol. The number of nitrogens with zero attached hydrogens (tertiary/aromatic N) is 1. The summed E-state index contributed by atoms with van der Waals surface area (Å²) in [5.74, 6) is 0.504. The fourth-order valence-corrected chi connectivity index (χ4v) is 2.78. The zero-order valence-electron chi connectivity index (χ0n) is 16.5. The largest absolute Gasteiger partial charge is 0.490 e. The molecule has 6 nitrogen and oxygen atoms in total. The Bertz CT molecular complexity index is 1090. The minimum Gasteiger partial charge on any atom is -0.490 e. The molecule has 0 atom stereocenters. The van der Waals surface area contributed by atoms with E-state index in [0.29, 0.717) is 35.1 Å². The normalized spacial score (nSPS) is 10.9. The van der Waals surface area contributed by atoms with Gasteiger partial charge in [0, 0.05) is 19.2 Å². The summed E-state index contributed by atoms with van der Waals surface area (Å²) in [4.78, 5) is 27.2. The van der Waals surface area contributed by atoms with Crippen molar-refractivity contribution >= 4 is 35.0 Å². The first kappa shape index (κ1) is 20.1. The Kier molecular flexibility index (Phi) is 6.24. The zero-order chi connectivity index (χ0) is 20.8. The predicted octanol–water partition coefficient (Wildman–Crippen LogP) is 4.65. The van der Waals surface area contributed by atoms with Crippen LogP contribution in [0, 0.1) is 0 Å². The van der Waals surface area contributed by atoms with Gasteiger partial charge in [-0.05, 0) is 42.8 Å². The molecule has 0 N–H and O–H groups in total. The number of pyridine rings is 1. The molecular formula is C23H21NO5. The summed E-state index contributed by atoms with van der Waals surface area (Å²) in [5.41, 5.74) is 2.18. The average Bonchev–Trinajstić information content (AvgIpc) is 2.68. The van der Waals surface area contributed by atoms with E-state index >= 15 is 0 Å². The molecule has 0 spiro atoms. The SMILES string of the molecule is CCOc1cc(/C=C/c2ccc3cccc(OC(C)=O)c3n2)ccc1OC(C)=O. The standard InChI is InChI=1S/C23H21NO5/c1-4-27-22-14-17(9-13-20(22)28-15(2)25)8-11-19-12-10-18-6-5-7-21(23(18)24-19)29-16(3)26/h5-14H,4H2,1-3H3/b11-8+. The van der Waals surface area contributed by atoms with Crippen LogP contribution in [0.1, 0.15) is 32.0 Å². The van der Waals surface area contributed by atoms with Gasteiger partial charge in [-0.3, -0.25) is 9.59 Å². The maximum atomic E-state index is 11.3. The van der Waals surface area contributed by atoms with E-state index in [4.69, 9.17) is 14.2 Å².